The standard InChI is InChI=1S/C13H22ClNO/c1-8(2)3-12(14)7-15-13(16)11-5-9-4-10(9)6-11/h8-12H,3-7H2,1-2H3,(H,15,16). The minimum atomic E-state index is 0.0832. The van der Waals surface area contributed by atoms with Gasteiger partial charge >= 0.3 is 0 Å². The molecule has 0 radical (unpaired) electrons. The molecule has 3 unspecified atom stereocenters. The van der Waals surface area contributed by atoms with Gasteiger partial charge in [0.05, 0.1) is 5.38 Å². The van der Waals surface area contributed by atoms with Crippen molar-refractivity contribution in [3.05, 3.63) is 0 Å². The third-order valence-corrected chi connectivity index (χ3v) is 4.17. The molecule has 0 aromatic heterocycles. The van der Waals surface area contributed by atoms with E-state index in [0.717, 1.165) is 31.1 Å². The molecule has 2 rings (SSSR count). The van der Waals surface area contributed by atoms with Crippen molar-refractivity contribution < 1.29 is 4.79 Å². The minimum Gasteiger partial charge on any atom is -0.354 e. The van der Waals surface area contributed by atoms with Crippen LogP contribution in [-0.2, 0) is 4.79 Å². The maximum atomic E-state index is 11.8. The molecular formula is C13H22ClNO. The van der Waals surface area contributed by atoms with Crippen LogP contribution in [-0.4, -0.2) is 17.8 Å². The zero-order valence-electron chi connectivity index (χ0n) is 10.2. The first-order valence-corrected chi connectivity index (χ1v) is 6.91. The summed E-state index contributed by atoms with van der Waals surface area (Å²) >= 11 is 6.15. The van der Waals surface area contributed by atoms with Crippen molar-refractivity contribution in [2.75, 3.05) is 6.54 Å². The molecule has 2 fully saturated rings. The highest BCUT2D eigenvalue weighted by Crippen LogP contribution is 2.54. The fraction of sp³-hybridized carbons (Fsp3) is 0.923. The Labute approximate surface area is 103 Å². The highest BCUT2D eigenvalue weighted by molar-refractivity contribution is 6.20. The van der Waals surface area contributed by atoms with Crippen LogP contribution in [0.1, 0.15) is 39.5 Å². The number of alkyl halides is 1. The van der Waals surface area contributed by atoms with E-state index in [1.165, 1.54) is 6.42 Å². The lowest BCUT2D eigenvalue weighted by molar-refractivity contribution is -0.125. The maximum absolute atomic E-state index is 11.8. The number of halogens is 1. The second-order valence-electron chi connectivity index (χ2n) is 5.90. The van der Waals surface area contributed by atoms with Crippen molar-refractivity contribution in [3.63, 3.8) is 0 Å². The average molecular weight is 244 g/mol. The Hall–Kier alpha value is -0.240. The molecule has 0 bridgehead atoms. The number of fused-ring (bicyclic) bond motifs is 1. The topological polar surface area (TPSA) is 29.1 Å². The van der Waals surface area contributed by atoms with Crippen molar-refractivity contribution in [2.24, 2.45) is 23.7 Å². The first kappa shape index (κ1) is 12.2. The van der Waals surface area contributed by atoms with Gasteiger partial charge in [0.25, 0.3) is 0 Å². The zero-order chi connectivity index (χ0) is 11.7. The normalized spacial score (nSPS) is 33.6. The fourth-order valence-corrected chi connectivity index (χ4v) is 3.31. The van der Waals surface area contributed by atoms with E-state index < -0.39 is 0 Å². The van der Waals surface area contributed by atoms with Crippen LogP contribution >= 0.6 is 11.6 Å². The van der Waals surface area contributed by atoms with Gasteiger partial charge in [0, 0.05) is 12.5 Å². The highest BCUT2D eigenvalue weighted by Gasteiger charge is 2.47. The first-order valence-electron chi connectivity index (χ1n) is 6.48. The predicted octanol–water partition coefficient (Wildman–Crippen LogP) is 2.80. The van der Waals surface area contributed by atoms with Crippen molar-refractivity contribution in [1.82, 2.24) is 5.32 Å². The van der Waals surface area contributed by atoms with Crippen LogP contribution in [0.5, 0.6) is 0 Å². The summed E-state index contributed by atoms with van der Waals surface area (Å²) in [6.45, 7) is 4.94. The molecule has 0 heterocycles. The fourth-order valence-electron chi connectivity index (χ4n) is 2.88. The molecular weight excluding hydrogens is 222 g/mol. The molecule has 2 saturated carbocycles. The lowest BCUT2D eigenvalue weighted by Crippen LogP contribution is -2.34. The van der Waals surface area contributed by atoms with Crippen molar-refractivity contribution >= 4 is 17.5 Å². The Morgan fingerprint density at radius 3 is 2.50 bits per heavy atom. The van der Waals surface area contributed by atoms with Crippen LogP contribution < -0.4 is 5.32 Å². The monoisotopic (exact) mass is 243 g/mol. The smallest absolute Gasteiger partial charge is 0.223 e. The Morgan fingerprint density at radius 1 is 1.31 bits per heavy atom. The molecule has 16 heavy (non-hydrogen) atoms. The van der Waals surface area contributed by atoms with Gasteiger partial charge in [0.15, 0.2) is 0 Å². The van der Waals surface area contributed by atoms with Gasteiger partial charge in [-0.2, -0.15) is 0 Å². The van der Waals surface area contributed by atoms with Gasteiger partial charge in [0.1, 0.15) is 0 Å². The van der Waals surface area contributed by atoms with Crippen LogP contribution in [0, 0.1) is 23.7 Å². The van der Waals surface area contributed by atoms with E-state index in [1.807, 2.05) is 0 Å². The summed E-state index contributed by atoms with van der Waals surface area (Å²) in [5, 5.41) is 3.08. The number of carbonyl (C=O) groups is 1. The molecule has 1 N–H and O–H groups in total. The molecule has 0 aromatic carbocycles. The lowest BCUT2D eigenvalue weighted by Gasteiger charge is -2.16. The van der Waals surface area contributed by atoms with Crippen LogP contribution in [0.4, 0.5) is 0 Å². The van der Waals surface area contributed by atoms with Crippen molar-refractivity contribution in [2.45, 2.75) is 44.9 Å². The van der Waals surface area contributed by atoms with Gasteiger partial charge in [-0.05, 0) is 43.4 Å². The minimum absolute atomic E-state index is 0.0832. The lowest BCUT2D eigenvalue weighted by atomic mass is 10.0. The second kappa shape index (κ2) is 4.95. The molecule has 0 aliphatic heterocycles. The SMILES string of the molecule is CC(C)CC(Cl)CNC(=O)C1CC2CC2C1. The first-order chi connectivity index (χ1) is 7.56. The predicted molar refractivity (Wildman–Crippen MR) is 66.4 cm³/mol. The summed E-state index contributed by atoms with van der Waals surface area (Å²) in [5.41, 5.74) is 0. The van der Waals surface area contributed by atoms with Crippen molar-refractivity contribution in [1.29, 1.82) is 0 Å². The Kier molecular flexibility index (Phi) is 3.78. The summed E-state index contributed by atoms with van der Waals surface area (Å²) in [4.78, 5) is 11.8. The highest BCUT2D eigenvalue weighted by atomic mass is 35.5. The Bertz CT molecular complexity index is 257. The van der Waals surface area contributed by atoms with Gasteiger partial charge in [-0.3, -0.25) is 4.79 Å². The van der Waals surface area contributed by atoms with Gasteiger partial charge in [-0.15, -0.1) is 11.6 Å². The third-order valence-electron chi connectivity index (χ3n) is 3.84. The summed E-state index contributed by atoms with van der Waals surface area (Å²) in [7, 11) is 0. The van der Waals surface area contributed by atoms with E-state index in [0.29, 0.717) is 12.5 Å². The average Bonchev–Trinajstić information content (AvgIpc) is 2.81. The number of amides is 1. The van der Waals surface area contributed by atoms with Gasteiger partial charge in [0.2, 0.25) is 5.91 Å². The van der Waals surface area contributed by atoms with Crippen LogP contribution in [0.15, 0.2) is 0 Å². The Morgan fingerprint density at radius 2 is 1.94 bits per heavy atom. The largest absolute Gasteiger partial charge is 0.354 e. The van der Waals surface area contributed by atoms with Gasteiger partial charge in [-0.25, -0.2) is 0 Å². The number of hydrogen-bond acceptors (Lipinski definition) is 1. The van der Waals surface area contributed by atoms with Crippen molar-refractivity contribution in [3.8, 4) is 0 Å². The molecule has 3 heteroatoms. The molecule has 0 saturated heterocycles. The molecule has 2 nitrogen and oxygen atoms in total. The van der Waals surface area contributed by atoms with E-state index in [9.17, 15) is 4.79 Å². The van der Waals surface area contributed by atoms with Crippen LogP contribution in [0.25, 0.3) is 0 Å². The summed E-state index contributed by atoms with van der Waals surface area (Å²) in [6, 6.07) is 0. The van der Waals surface area contributed by atoms with Gasteiger partial charge < -0.3 is 5.32 Å². The molecule has 1 amide bonds. The van der Waals surface area contributed by atoms with Crippen LogP contribution in [0.3, 0.4) is 0 Å². The number of hydrogen-bond donors (Lipinski definition) is 1. The van der Waals surface area contributed by atoms with E-state index in [-0.39, 0.29) is 17.2 Å². The molecule has 0 aromatic rings. The number of carbonyl (C=O) groups excluding carboxylic acids is 1. The summed E-state index contributed by atoms with van der Waals surface area (Å²) < 4.78 is 0. The maximum Gasteiger partial charge on any atom is 0.223 e. The number of nitrogens with one attached hydrogen (secondary N) is 1. The molecule has 92 valence electrons. The molecule has 0 spiro atoms. The van der Waals surface area contributed by atoms with Gasteiger partial charge in [-0.1, -0.05) is 13.8 Å². The summed E-state index contributed by atoms with van der Waals surface area (Å²) in [6.07, 6.45) is 4.58. The molecule has 2 aliphatic carbocycles. The summed E-state index contributed by atoms with van der Waals surface area (Å²) in [5.74, 6) is 2.86. The third kappa shape index (κ3) is 3.13. The van der Waals surface area contributed by atoms with Crippen LogP contribution in [0.2, 0.25) is 0 Å². The van der Waals surface area contributed by atoms with E-state index >= 15 is 0 Å². The van der Waals surface area contributed by atoms with E-state index in [1.54, 1.807) is 0 Å². The quantitative estimate of drug-likeness (QED) is 0.740. The Balaban J connectivity index is 1.63. The van der Waals surface area contributed by atoms with E-state index in [2.05, 4.69) is 19.2 Å². The zero-order valence-corrected chi connectivity index (χ0v) is 11.0. The second-order valence-corrected chi connectivity index (χ2v) is 6.51. The molecule has 2 aliphatic rings. The number of rotatable bonds is 5. The molecule has 3 atom stereocenters. The van der Waals surface area contributed by atoms with E-state index in [4.69, 9.17) is 11.6 Å².